The van der Waals surface area contributed by atoms with Gasteiger partial charge < -0.3 is 10.1 Å². The van der Waals surface area contributed by atoms with E-state index in [2.05, 4.69) is 17.1 Å². The lowest BCUT2D eigenvalue weighted by Crippen LogP contribution is -1.91. The van der Waals surface area contributed by atoms with Gasteiger partial charge in [-0.25, -0.2) is 4.98 Å². The van der Waals surface area contributed by atoms with Gasteiger partial charge in [0.25, 0.3) is 0 Å². The minimum absolute atomic E-state index is 0.000610. The molecular formula is C17H14N2O. The second-order valence-corrected chi connectivity index (χ2v) is 5.10. The summed E-state index contributed by atoms with van der Waals surface area (Å²) < 4.78 is 0. The van der Waals surface area contributed by atoms with Gasteiger partial charge in [0.1, 0.15) is 0 Å². The zero-order valence-electron chi connectivity index (χ0n) is 11.1. The van der Waals surface area contributed by atoms with E-state index in [4.69, 9.17) is 4.98 Å². The first-order valence-electron chi connectivity index (χ1n) is 6.68. The van der Waals surface area contributed by atoms with Crippen molar-refractivity contribution < 1.29 is 5.11 Å². The zero-order chi connectivity index (χ0) is 13.7. The van der Waals surface area contributed by atoms with E-state index in [9.17, 15) is 5.11 Å². The predicted molar refractivity (Wildman–Crippen MR) is 81.8 cm³/mol. The van der Waals surface area contributed by atoms with Crippen LogP contribution in [0.3, 0.4) is 0 Å². The second-order valence-electron chi connectivity index (χ2n) is 5.10. The number of pyridine rings is 1. The average molecular weight is 262 g/mol. The van der Waals surface area contributed by atoms with E-state index >= 15 is 0 Å². The number of benzene rings is 2. The fourth-order valence-electron chi connectivity index (χ4n) is 2.98. The van der Waals surface area contributed by atoms with Crippen LogP contribution >= 0.6 is 0 Å². The maximum Gasteiger partial charge on any atom is 0.0777 e. The normalized spacial score (nSPS) is 11.7. The van der Waals surface area contributed by atoms with Gasteiger partial charge in [-0.15, -0.1) is 0 Å². The number of aryl methyl sites for hydroxylation is 1. The molecule has 3 heteroatoms. The number of nitrogens with zero attached hydrogens (tertiary/aromatic N) is 1. The van der Waals surface area contributed by atoms with Crippen LogP contribution in [0.4, 0.5) is 0 Å². The summed E-state index contributed by atoms with van der Waals surface area (Å²) in [5.74, 6) is 0. The summed E-state index contributed by atoms with van der Waals surface area (Å²) in [6, 6.07) is 12.3. The Bertz CT molecular complexity index is 953. The molecule has 98 valence electrons. The minimum atomic E-state index is 0.000610. The van der Waals surface area contributed by atoms with Crippen molar-refractivity contribution in [3.05, 3.63) is 53.9 Å². The van der Waals surface area contributed by atoms with Crippen LogP contribution in [-0.4, -0.2) is 15.1 Å². The molecule has 2 aromatic heterocycles. The third-order valence-electron chi connectivity index (χ3n) is 3.98. The molecule has 20 heavy (non-hydrogen) atoms. The van der Waals surface area contributed by atoms with E-state index in [1.54, 1.807) is 0 Å². The number of H-pyrrole nitrogens is 1. The van der Waals surface area contributed by atoms with Crippen molar-refractivity contribution in [1.82, 2.24) is 9.97 Å². The molecule has 0 saturated heterocycles. The number of aromatic amines is 1. The van der Waals surface area contributed by atoms with Crippen LogP contribution in [-0.2, 0) is 6.61 Å². The molecule has 0 aliphatic heterocycles. The second kappa shape index (κ2) is 4.05. The van der Waals surface area contributed by atoms with Gasteiger partial charge in [-0.2, -0.15) is 0 Å². The SMILES string of the molecule is Cc1[nH]ccc2c(CO)c3nc4ccccc4c3cc12. The lowest BCUT2D eigenvalue weighted by atomic mass is 10.00. The Labute approximate surface area is 115 Å². The molecule has 0 atom stereocenters. The summed E-state index contributed by atoms with van der Waals surface area (Å²) in [4.78, 5) is 7.92. The summed E-state index contributed by atoms with van der Waals surface area (Å²) in [7, 11) is 0. The first-order chi connectivity index (χ1) is 9.79. The Morgan fingerprint density at radius 3 is 2.75 bits per heavy atom. The number of aliphatic hydroxyl groups is 1. The van der Waals surface area contributed by atoms with Gasteiger partial charge in [0.2, 0.25) is 0 Å². The Morgan fingerprint density at radius 1 is 1.05 bits per heavy atom. The van der Waals surface area contributed by atoms with Crippen molar-refractivity contribution in [2.75, 3.05) is 0 Å². The number of rotatable bonds is 1. The van der Waals surface area contributed by atoms with E-state index in [0.717, 1.165) is 43.8 Å². The number of aliphatic hydroxyl groups excluding tert-OH is 1. The number of fused-ring (bicyclic) bond motifs is 4. The highest BCUT2D eigenvalue weighted by Crippen LogP contribution is 2.33. The molecule has 3 nitrogen and oxygen atoms in total. The maximum atomic E-state index is 9.80. The van der Waals surface area contributed by atoms with E-state index in [0.29, 0.717) is 0 Å². The largest absolute Gasteiger partial charge is 0.392 e. The van der Waals surface area contributed by atoms with Crippen molar-refractivity contribution in [1.29, 1.82) is 0 Å². The maximum absolute atomic E-state index is 9.80. The first kappa shape index (κ1) is 11.4. The molecule has 2 heterocycles. The molecule has 4 rings (SSSR count). The molecule has 0 aliphatic carbocycles. The molecule has 0 spiro atoms. The average Bonchev–Trinajstić information content (AvgIpc) is 2.84. The van der Waals surface area contributed by atoms with Crippen LogP contribution in [0.2, 0.25) is 0 Å². The molecule has 0 radical (unpaired) electrons. The summed E-state index contributed by atoms with van der Waals surface area (Å²) in [6.45, 7) is 2.05. The predicted octanol–water partition coefficient (Wildman–Crippen LogP) is 3.67. The van der Waals surface area contributed by atoms with Crippen LogP contribution < -0.4 is 0 Å². The highest BCUT2D eigenvalue weighted by Gasteiger charge is 2.13. The molecule has 0 saturated carbocycles. The Balaban J connectivity index is 2.32. The van der Waals surface area contributed by atoms with Crippen LogP contribution in [0.5, 0.6) is 0 Å². The molecule has 0 aliphatic rings. The molecule has 0 unspecified atom stereocenters. The van der Waals surface area contributed by atoms with E-state index in [-0.39, 0.29) is 6.61 Å². The third kappa shape index (κ3) is 1.41. The van der Waals surface area contributed by atoms with Crippen molar-refractivity contribution >= 4 is 32.6 Å². The molecule has 2 N–H and O–H groups in total. The first-order valence-corrected chi connectivity index (χ1v) is 6.68. The van der Waals surface area contributed by atoms with Crippen molar-refractivity contribution in [2.24, 2.45) is 0 Å². The van der Waals surface area contributed by atoms with Gasteiger partial charge in [-0.05, 0) is 30.5 Å². The lowest BCUT2D eigenvalue weighted by Gasteiger charge is -2.08. The molecule has 0 fully saturated rings. The van der Waals surface area contributed by atoms with Crippen molar-refractivity contribution in [3.63, 3.8) is 0 Å². The fourth-order valence-corrected chi connectivity index (χ4v) is 2.98. The van der Waals surface area contributed by atoms with Gasteiger partial charge >= 0.3 is 0 Å². The van der Waals surface area contributed by atoms with E-state index in [1.807, 2.05) is 37.4 Å². The molecule has 0 amide bonds. The van der Waals surface area contributed by atoms with Gasteiger partial charge in [0.05, 0.1) is 17.6 Å². The summed E-state index contributed by atoms with van der Waals surface area (Å²) in [6.07, 6.45) is 1.91. The monoisotopic (exact) mass is 262 g/mol. The van der Waals surface area contributed by atoms with Crippen LogP contribution in [0.25, 0.3) is 32.6 Å². The lowest BCUT2D eigenvalue weighted by molar-refractivity contribution is 0.284. The highest BCUT2D eigenvalue weighted by atomic mass is 16.3. The van der Waals surface area contributed by atoms with Crippen molar-refractivity contribution in [3.8, 4) is 0 Å². The van der Waals surface area contributed by atoms with Crippen LogP contribution in [0.15, 0.2) is 42.6 Å². The minimum Gasteiger partial charge on any atom is -0.392 e. The Morgan fingerprint density at radius 2 is 1.90 bits per heavy atom. The van der Waals surface area contributed by atoms with Gasteiger partial charge in [-0.1, -0.05) is 18.2 Å². The summed E-state index contributed by atoms with van der Waals surface area (Å²) in [5, 5.41) is 14.3. The molecule has 2 aromatic carbocycles. The molecule has 4 aromatic rings. The van der Waals surface area contributed by atoms with Gasteiger partial charge in [0.15, 0.2) is 0 Å². The third-order valence-corrected chi connectivity index (χ3v) is 3.98. The Kier molecular flexibility index (Phi) is 2.32. The topological polar surface area (TPSA) is 48.9 Å². The fraction of sp³-hybridized carbons (Fsp3) is 0.118. The Hall–Kier alpha value is -2.39. The summed E-state index contributed by atoms with van der Waals surface area (Å²) in [5.41, 5.74) is 3.90. The number of hydrogen-bond donors (Lipinski definition) is 2. The number of para-hydroxylation sites is 1. The quantitative estimate of drug-likeness (QED) is 0.550. The standard InChI is InChI=1S/C17H14N2O/c1-10-13-8-14-12-4-2-3-5-16(12)19-17(14)15(9-20)11(13)6-7-18-10/h2-8,18,20H,9H2,1H3. The zero-order valence-corrected chi connectivity index (χ0v) is 11.1. The number of nitrogens with one attached hydrogen (secondary N) is 1. The highest BCUT2D eigenvalue weighted by molar-refractivity contribution is 6.14. The molecule has 0 bridgehead atoms. The van der Waals surface area contributed by atoms with E-state index < -0.39 is 0 Å². The van der Waals surface area contributed by atoms with Gasteiger partial charge in [0, 0.05) is 33.6 Å². The van der Waals surface area contributed by atoms with Crippen molar-refractivity contribution in [2.45, 2.75) is 13.5 Å². The van der Waals surface area contributed by atoms with E-state index in [1.165, 1.54) is 0 Å². The number of aromatic nitrogens is 2. The molecular weight excluding hydrogens is 248 g/mol. The van der Waals surface area contributed by atoms with Crippen LogP contribution in [0, 0.1) is 6.92 Å². The van der Waals surface area contributed by atoms with Crippen LogP contribution in [0.1, 0.15) is 11.3 Å². The van der Waals surface area contributed by atoms with Gasteiger partial charge in [-0.3, -0.25) is 0 Å². The smallest absolute Gasteiger partial charge is 0.0777 e. The summed E-state index contributed by atoms with van der Waals surface area (Å²) >= 11 is 0. The number of hydrogen-bond acceptors (Lipinski definition) is 2.